The zero-order chi connectivity index (χ0) is 19.4. The maximum absolute atomic E-state index is 14.2. The molecule has 0 aliphatic carbocycles. The first-order chi connectivity index (χ1) is 13.7. The van der Waals surface area contributed by atoms with Crippen LogP contribution < -0.4 is 13.2 Å². The predicted molar refractivity (Wildman–Crippen MR) is 120 cm³/mol. The van der Waals surface area contributed by atoms with Crippen LogP contribution >= 0.6 is 11.6 Å². The Labute approximate surface area is 173 Å². The van der Waals surface area contributed by atoms with E-state index in [0.717, 1.165) is 13.2 Å². The molecule has 0 amide bonds. The Morgan fingerprint density at radius 2 is 0.893 bits per heavy atom. The van der Waals surface area contributed by atoms with Crippen LogP contribution in [0.15, 0.2) is 115 Å². The van der Waals surface area contributed by atoms with Gasteiger partial charge in [-0.15, -0.1) is 0 Å². The van der Waals surface area contributed by atoms with Gasteiger partial charge in [0.05, 0.1) is 0 Å². The van der Waals surface area contributed by atoms with Crippen LogP contribution in [-0.2, 0) is 0 Å². The number of halogens is 1. The second-order valence-electron chi connectivity index (χ2n) is 6.68. The molecular weight excluding hydrogens is 424 g/mol. The SMILES string of the molecule is O=[C](c1ccc(Cl)cc1)[Ge]([c]1ccccc1)([c]1ccccc1)[c]1ccccc1. The van der Waals surface area contributed by atoms with Crippen molar-refractivity contribution in [3.63, 3.8) is 0 Å². The number of hydrogen-bond acceptors (Lipinski definition) is 1. The molecule has 136 valence electrons. The van der Waals surface area contributed by atoms with E-state index in [2.05, 4.69) is 36.4 Å². The van der Waals surface area contributed by atoms with Gasteiger partial charge in [0.25, 0.3) is 0 Å². The molecule has 1 nitrogen and oxygen atoms in total. The summed E-state index contributed by atoms with van der Waals surface area (Å²) in [5.41, 5.74) is 0.709. The van der Waals surface area contributed by atoms with Crippen molar-refractivity contribution in [2.75, 3.05) is 0 Å². The van der Waals surface area contributed by atoms with Gasteiger partial charge in [0.1, 0.15) is 0 Å². The molecule has 0 bridgehead atoms. The quantitative estimate of drug-likeness (QED) is 0.422. The summed E-state index contributed by atoms with van der Waals surface area (Å²) in [4.78, 5) is 14.2. The number of hydrogen-bond donors (Lipinski definition) is 0. The summed E-state index contributed by atoms with van der Waals surface area (Å²) in [6, 6.07) is 38.1. The summed E-state index contributed by atoms with van der Waals surface area (Å²) in [6.45, 7) is 0. The van der Waals surface area contributed by atoms with Crippen LogP contribution in [0.5, 0.6) is 0 Å². The maximum atomic E-state index is 14.2. The molecule has 4 aromatic carbocycles. The van der Waals surface area contributed by atoms with E-state index in [1.807, 2.05) is 66.7 Å². The summed E-state index contributed by atoms with van der Waals surface area (Å²) in [5, 5.41) is 0.633. The Bertz CT molecular complexity index is 965. The van der Waals surface area contributed by atoms with Crippen molar-refractivity contribution in [3.8, 4) is 0 Å². The molecule has 3 heteroatoms. The molecule has 0 aliphatic heterocycles. The van der Waals surface area contributed by atoms with Crippen molar-refractivity contribution in [2.24, 2.45) is 0 Å². The first kappa shape index (κ1) is 18.7. The molecule has 0 atom stereocenters. The molecule has 0 radical (unpaired) electrons. The number of rotatable bonds is 5. The standard InChI is InChI=1S/C25H19ClGeO/c26-21-18-16-20(17-19-21)25(28)27(22-10-4-1-5-11-22,23-12-6-2-7-13-23)24-14-8-3-9-15-24/h1-19H. The molecule has 0 aromatic heterocycles. The third-order valence-corrected chi connectivity index (χ3v) is 14.9. The fourth-order valence-electron chi connectivity index (χ4n) is 3.78. The molecule has 0 fully saturated rings. The Morgan fingerprint density at radius 1 is 0.536 bits per heavy atom. The van der Waals surface area contributed by atoms with Gasteiger partial charge in [-0.3, -0.25) is 0 Å². The molecule has 0 spiro atoms. The Morgan fingerprint density at radius 3 is 1.25 bits per heavy atom. The van der Waals surface area contributed by atoms with E-state index in [4.69, 9.17) is 11.6 Å². The average molecular weight is 443 g/mol. The number of carbonyl (C=O) groups is 1. The van der Waals surface area contributed by atoms with E-state index in [1.165, 1.54) is 0 Å². The van der Waals surface area contributed by atoms with Gasteiger partial charge in [-0.05, 0) is 0 Å². The van der Waals surface area contributed by atoms with Crippen molar-refractivity contribution < 1.29 is 4.79 Å². The van der Waals surface area contributed by atoms with Gasteiger partial charge >= 0.3 is 173 Å². The van der Waals surface area contributed by atoms with E-state index in [0.29, 0.717) is 10.6 Å². The van der Waals surface area contributed by atoms with Crippen LogP contribution in [0.3, 0.4) is 0 Å². The number of benzene rings is 4. The fourth-order valence-corrected chi connectivity index (χ4v) is 13.3. The summed E-state index contributed by atoms with van der Waals surface area (Å²) in [6.07, 6.45) is 0. The van der Waals surface area contributed by atoms with Crippen molar-refractivity contribution in [2.45, 2.75) is 0 Å². The minimum atomic E-state index is -3.67. The monoisotopic (exact) mass is 444 g/mol. The first-order valence-corrected chi connectivity index (χ1v) is 13.8. The minimum absolute atomic E-state index is 0.209. The number of carbonyl (C=O) groups excluding carboxylic acids is 1. The van der Waals surface area contributed by atoms with Gasteiger partial charge < -0.3 is 0 Å². The van der Waals surface area contributed by atoms with Crippen LogP contribution in [-0.4, -0.2) is 17.9 Å². The predicted octanol–water partition coefficient (Wildman–Crippen LogP) is 4.23. The van der Waals surface area contributed by atoms with Gasteiger partial charge in [0.2, 0.25) is 0 Å². The van der Waals surface area contributed by atoms with Gasteiger partial charge in [0.15, 0.2) is 0 Å². The molecule has 0 saturated carbocycles. The third kappa shape index (κ3) is 3.32. The van der Waals surface area contributed by atoms with Gasteiger partial charge in [0, 0.05) is 0 Å². The molecule has 4 rings (SSSR count). The van der Waals surface area contributed by atoms with Crippen LogP contribution in [0.1, 0.15) is 10.4 Å². The Balaban J connectivity index is 2.07. The van der Waals surface area contributed by atoms with E-state index in [1.54, 1.807) is 12.1 Å². The summed E-state index contributed by atoms with van der Waals surface area (Å²) >= 11 is 2.41. The summed E-state index contributed by atoms with van der Waals surface area (Å²) in [7, 11) is 0. The van der Waals surface area contributed by atoms with Crippen LogP contribution in [0, 0.1) is 0 Å². The molecule has 0 aliphatic rings. The molecule has 28 heavy (non-hydrogen) atoms. The molecular formula is C25H19ClGeO. The van der Waals surface area contributed by atoms with E-state index >= 15 is 0 Å². The first-order valence-electron chi connectivity index (χ1n) is 9.20. The Kier molecular flexibility index (Phi) is 5.47. The van der Waals surface area contributed by atoms with Crippen molar-refractivity contribution >= 4 is 42.7 Å². The second-order valence-corrected chi connectivity index (χ2v) is 14.9. The van der Waals surface area contributed by atoms with Crippen LogP contribution in [0.4, 0.5) is 0 Å². The van der Waals surface area contributed by atoms with E-state index < -0.39 is 13.3 Å². The van der Waals surface area contributed by atoms with Crippen LogP contribution in [0.2, 0.25) is 5.02 Å². The topological polar surface area (TPSA) is 17.1 Å². The molecule has 0 heterocycles. The molecule has 0 N–H and O–H groups in total. The molecule has 4 aromatic rings. The fraction of sp³-hybridized carbons (Fsp3) is 0. The van der Waals surface area contributed by atoms with Crippen molar-refractivity contribution in [1.82, 2.24) is 0 Å². The summed E-state index contributed by atoms with van der Waals surface area (Å²) < 4.78 is 3.58. The van der Waals surface area contributed by atoms with Gasteiger partial charge in [-0.25, -0.2) is 0 Å². The third-order valence-electron chi connectivity index (χ3n) is 5.07. The van der Waals surface area contributed by atoms with Crippen LogP contribution in [0.25, 0.3) is 0 Å². The van der Waals surface area contributed by atoms with Crippen molar-refractivity contribution in [1.29, 1.82) is 0 Å². The molecule has 0 unspecified atom stereocenters. The zero-order valence-electron chi connectivity index (χ0n) is 15.3. The normalized spacial score (nSPS) is 11.2. The van der Waals surface area contributed by atoms with Gasteiger partial charge in [-0.2, -0.15) is 0 Å². The molecule has 0 saturated heterocycles. The van der Waals surface area contributed by atoms with Gasteiger partial charge in [-0.1, -0.05) is 0 Å². The summed E-state index contributed by atoms with van der Waals surface area (Å²) in [5.74, 6) is 0. The second kappa shape index (κ2) is 8.17. The van der Waals surface area contributed by atoms with E-state index in [9.17, 15) is 4.79 Å². The average Bonchev–Trinajstić information content (AvgIpc) is 2.77. The van der Waals surface area contributed by atoms with Crippen molar-refractivity contribution in [3.05, 3.63) is 126 Å². The van der Waals surface area contributed by atoms with E-state index in [-0.39, 0.29) is 4.62 Å². The Hall–Kier alpha value is -2.62. The zero-order valence-corrected chi connectivity index (χ0v) is 18.1.